The first-order valence-corrected chi connectivity index (χ1v) is 8.13. The van der Waals surface area contributed by atoms with Crippen molar-refractivity contribution >= 4 is 39.4 Å². The summed E-state index contributed by atoms with van der Waals surface area (Å²) in [6, 6.07) is 4.84. The standard InChI is InChI=1S/C15H17BrClNO3/c16-11-6-5-10(9-12(11)17)13(19)18-15(14(20)21)7-3-1-2-4-8-15/h5-6,9H,1-4,7-8H2,(H,18,19)(H,20,21). The second kappa shape index (κ2) is 6.79. The van der Waals surface area contributed by atoms with E-state index >= 15 is 0 Å². The Morgan fingerprint density at radius 3 is 2.33 bits per heavy atom. The van der Waals surface area contributed by atoms with Gasteiger partial charge in [-0.15, -0.1) is 0 Å². The second-order valence-corrected chi connectivity index (χ2v) is 6.65. The van der Waals surface area contributed by atoms with Gasteiger partial charge in [0.25, 0.3) is 5.91 Å². The lowest BCUT2D eigenvalue weighted by Gasteiger charge is -2.29. The summed E-state index contributed by atoms with van der Waals surface area (Å²) in [6.45, 7) is 0. The van der Waals surface area contributed by atoms with Gasteiger partial charge in [-0.3, -0.25) is 4.79 Å². The fourth-order valence-corrected chi connectivity index (χ4v) is 3.08. The van der Waals surface area contributed by atoms with Crippen LogP contribution in [0.25, 0.3) is 0 Å². The Labute approximate surface area is 137 Å². The van der Waals surface area contributed by atoms with Crippen LogP contribution in [0.5, 0.6) is 0 Å². The Morgan fingerprint density at radius 1 is 1.19 bits per heavy atom. The number of hydrogen-bond donors (Lipinski definition) is 2. The van der Waals surface area contributed by atoms with Crippen molar-refractivity contribution in [2.75, 3.05) is 0 Å². The van der Waals surface area contributed by atoms with Crippen LogP contribution in [-0.2, 0) is 4.79 Å². The largest absolute Gasteiger partial charge is 0.480 e. The molecule has 0 aromatic heterocycles. The van der Waals surface area contributed by atoms with E-state index in [4.69, 9.17) is 11.6 Å². The van der Waals surface area contributed by atoms with Crippen molar-refractivity contribution in [3.05, 3.63) is 33.3 Å². The molecule has 2 rings (SSSR count). The second-order valence-electron chi connectivity index (χ2n) is 5.38. The smallest absolute Gasteiger partial charge is 0.329 e. The third-order valence-electron chi connectivity index (χ3n) is 3.90. The van der Waals surface area contributed by atoms with Crippen molar-refractivity contribution in [3.8, 4) is 0 Å². The minimum Gasteiger partial charge on any atom is -0.480 e. The lowest BCUT2D eigenvalue weighted by atomic mass is 9.90. The summed E-state index contributed by atoms with van der Waals surface area (Å²) in [5.41, 5.74) is -0.791. The molecule has 1 aromatic rings. The Hall–Kier alpha value is -1.07. The average molecular weight is 375 g/mol. The fraction of sp³-hybridized carbons (Fsp3) is 0.467. The highest BCUT2D eigenvalue weighted by molar-refractivity contribution is 9.10. The molecule has 6 heteroatoms. The molecule has 0 atom stereocenters. The molecule has 1 aliphatic rings. The lowest BCUT2D eigenvalue weighted by Crippen LogP contribution is -2.54. The van der Waals surface area contributed by atoms with Crippen LogP contribution in [-0.4, -0.2) is 22.5 Å². The molecule has 4 nitrogen and oxygen atoms in total. The van der Waals surface area contributed by atoms with E-state index in [-0.39, 0.29) is 0 Å². The maximum Gasteiger partial charge on any atom is 0.329 e. The number of carbonyl (C=O) groups is 2. The Bertz CT molecular complexity index is 554. The predicted octanol–water partition coefficient (Wildman–Crippen LogP) is 4.01. The Morgan fingerprint density at radius 2 is 1.81 bits per heavy atom. The normalized spacial score (nSPS) is 17.8. The van der Waals surface area contributed by atoms with Gasteiger partial charge >= 0.3 is 5.97 Å². The van der Waals surface area contributed by atoms with Crippen LogP contribution < -0.4 is 5.32 Å². The number of carboxylic acids is 1. The minimum absolute atomic E-state index is 0.369. The van der Waals surface area contributed by atoms with Crippen molar-refractivity contribution in [1.82, 2.24) is 5.32 Å². The van der Waals surface area contributed by atoms with Crippen LogP contribution in [0.2, 0.25) is 5.02 Å². The van der Waals surface area contributed by atoms with Gasteiger partial charge in [0.05, 0.1) is 5.02 Å². The van der Waals surface area contributed by atoms with E-state index in [1.54, 1.807) is 12.1 Å². The molecule has 1 amide bonds. The minimum atomic E-state index is -1.16. The maximum atomic E-state index is 12.3. The molecule has 1 aromatic carbocycles. The van der Waals surface area contributed by atoms with Gasteiger partial charge in [-0.05, 0) is 47.0 Å². The van der Waals surface area contributed by atoms with Crippen LogP contribution in [0.3, 0.4) is 0 Å². The summed E-state index contributed by atoms with van der Waals surface area (Å²) < 4.78 is 0.697. The summed E-state index contributed by atoms with van der Waals surface area (Å²) in [5.74, 6) is -1.35. The topological polar surface area (TPSA) is 66.4 Å². The number of carboxylic acid groups (broad SMARTS) is 1. The van der Waals surface area contributed by atoms with Gasteiger partial charge in [0.15, 0.2) is 0 Å². The third kappa shape index (κ3) is 3.77. The molecule has 1 fully saturated rings. The first kappa shape index (κ1) is 16.3. The number of nitrogens with one attached hydrogen (secondary N) is 1. The van der Waals surface area contributed by atoms with Crippen LogP contribution in [0.15, 0.2) is 22.7 Å². The summed E-state index contributed by atoms with van der Waals surface area (Å²) in [4.78, 5) is 24.0. The molecule has 1 aliphatic carbocycles. The molecular formula is C15H17BrClNO3. The van der Waals surface area contributed by atoms with Gasteiger partial charge in [0, 0.05) is 10.0 Å². The van der Waals surface area contributed by atoms with Gasteiger partial charge in [0.2, 0.25) is 0 Å². The highest BCUT2D eigenvalue weighted by Gasteiger charge is 2.40. The average Bonchev–Trinajstić information content (AvgIpc) is 2.68. The number of hydrogen-bond acceptors (Lipinski definition) is 2. The van der Waals surface area contributed by atoms with Gasteiger partial charge in [-0.25, -0.2) is 4.79 Å². The van der Waals surface area contributed by atoms with Crippen molar-refractivity contribution < 1.29 is 14.7 Å². The van der Waals surface area contributed by atoms with Gasteiger partial charge in [-0.2, -0.15) is 0 Å². The SMILES string of the molecule is O=C(NC1(C(=O)O)CCCCCC1)c1ccc(Br)c(Cl)c1. The predicted molar refractivity (Wildman–Crippen MR) is 84.7 cm³/mol. The molecular weight excluding hydrogens is 358 g/mol. The van der Waals surface area contributed by atoms with Gasteiger partial charge in [-0.1, -0.05) is 37.3 Å². The first-order valence-electron chi connectivity index (χ1n) is 6.95. The molecule has 2 N–H and O–H groups in total. The van der Waals surface area contributed by atoms with E-state index in [9.17, 15) is 14.7 Å². The molecule has 114 valence electrons. The quantitative estimate of drug-likeness (QED) is 0.786. The highest BCUT2D eigenvalue weighted by atomic mass is 79.9. The number of rotatable bonds is 3. The molecule has 0 spiro atoms. The molecule has 0 aliphatic heterocycles. The zero-order chi connectivity index (χ0) is 15.5. The highest BCUT2D eigenvalue weighted by Crippen LogP contribution is 2.29. The van der Waals surface area contributed by atoms with E-state index in [0.717, 1.165) is 25.7 Å². The lowest BCUT2D eigenvalue weighted by molar-refractivity contribution is -0.145. The number of aliphatic carboxylic acids is 1. The van der Waals surface area contributed by atoms with Crippen LogP contribution in [0, 0.1) is 0 Å². The molecule has 0 unspecified atom stereocenters. The van der Waals surface area contributed by atoms with Crippen LogP contribution >= 0.6 is 27.5 Å². The monoisotopic (exact) mass is 373 g/mol. The Balaban J connectivity index is 2.21. The Kier molecular flexibility index (Phi) is 5.27. The van der Waals surface area contributed by atoms with Crippen molar-refractivity contribution in [2.24, 2.45) is 0 Å². The first-order chi connectivity index (χ1) is 9.94. The number of carbonyl (C=O) groups excluding carboxylic acids is 1. The third-order valence-corrected chi connectivity index (χ3v) is 5.13. The zero-order valence-corrected chi connectivity index (χ0v) is 13.8. The van der Waals surface area contributed by atoms with E-state index in [0.29, 0.717) is 27.9 Å². The number of amides is 1. The van der Waals surface area contributed by atoms with E-state index in [2.05, 4.69) is 21.2 Å². The summed E-state index contributed by atoms with van der Waals surface area (Å²) in [5, 5.41) is 12.7. The molecule has 1 saturated carbocycles. The molecule has 21 heavy (non-hydrogen) atoms. The van der Waals surface area contributed by atoms with Crippen molar-refractivity contribution in [3.63, 3.8) is 0 Å². The van der Waals surface area contributed by atoms with E-state index in [1.807, 2.05) is 0 Å². The summed E-state index contributed by atoms with van der Waals surface area (Å²) in [6.07, 6.45) is 4.59. The molecule has 0 heterocycles. The summed E-state index contributed by atoms with van der Waals surface area (Å²) in [7, 11) is 0. The van der Waals surface area contributed by atoms with Crippen LogP contribution in [0.4, 0.5) is 0 Å². The molecule has 0 saturated heterocycles. The number of benzene rings is 1. The molecule has 0 bridgehead atoms. The van der Waals surface area contributed by atoms with Crippen molar-refractivity contribution in [1.29, 1.82) is 0 Å². The fourth-order valence-electron chi connectivity index (χ4n) is 2.65. The van der Waals surface area contributed by atoms with Gasteiger partial charge in [0.1, 0.15) is 5.54 Å². The maximum absolute atomic E-state index is 12.3. The van der Waals surface area contributed by atoms with E-state index < -0.39 is 17.4 Å². The van der Waals surface area contributed by atoms with Crippen LogP contribution in [0.1, 0.15) is 48.9 Å². The number of halogens is 2. The molecule has 0 radical (unpaired) electrons. The summed E-state index contributed by atoms with van der Waals surface area (Å²) >= 11 is 9.24. The van der Waals surface area contributed by atoms with Gasteiger partial charge < -0.3 is 10.4 Å². The zero-order valence-electron chi connectivity index (χ0n) is 11.5. The van der Waals surface area contributed by atoms with E-state index in [1.165, 1.54) is 6.07 Å². The van der Waals surface area contributed by atoms with Crippen molar-refractivity contribution in [2.45, 2.75) is 44.1 Å².